The molecule has 21 nitrogen and oxygen atoms in total. The highest BCUT2D eigenvalue weighted by molar-refractivity contribution is 5.16. The minimum Gasteiger partial charge on any atom is -0.394 e. The molecule has 0 aromatic carbocycles. The van der Waals surface area contributed by atoms with E-state index in [0.717, 1.165) is 45.1 Å². The second kappa shape index (κ2) is 20.4. The Labute approximate surface area is 421 Å². The van der Waals surface area contributed by atoms with Gasteiger partial charge in [-0.05, 0) is 118 Å². The van der Waals surface area contributed by atoms with Crippen LogP contribution in [0.3, 0.4) is 0 Å². The van der Waals surface area contributed by atoms with Gasteiger partial charge in [-0.2, -0.15) is 0 Å². The lowest BCUT2D eigenvalue weighted by Crippen LogP contribution is -2.67. The van der Waals surface area contributed by atoms with E-state index in [2.05, 4.69) is 27.7 Å². The Bertz CT molecular complexity index is 1860. The van der Waals surface area contributed by atoms with Crippen LogP contribution in [0.5, 0.6) is 0 Å². The maximum atomic E-state index is 12.3. The van der Waals surface area contributed by atoms with Gasteiger partial charge >= 0.3 is 0 Å². The normalized spacial score (nSPS) is 59.9. The predicted molar refractivity (Wildman–Crippen MR) is 245 cm³/mol. The van der Waals surface area contributed by atoms with E-state index in [0.29, 0.717) is 48.9 Å². The summed E-state index contributed by atoms with van der Waals surface area (Å²) >= 11 is 0. The van der Waals surface area contributed by atoms with Crippen molar-refractivity contribution in [3.05, 3.63) is 0 Å². The lowest BCUT2D eigenvalue weighted by Gasteiger charge is -2.62. The van der Waals surface area contributed by atoms with Gasteiger partial charge in [0.25, 0.3) is 0 Å². The monoisotopic (exact) mass is 1030 g/mol. The summed E-state index contributed by atoms with van der Waals surface area (Å²) in [5.41, 5.74) is -0.121. The second-order valence-corrected chi connectivity index (χ2v) is 24.4. The van der Waals surface area contributed by atoms with Crippen LogP contribution in [0.1, 0.15) is 106 Å². The molecule has 6 heterocycles. The summed E-state index contributed by atoms with van der Waals surface area (Å²) < 4.78 is 62.1. The fourth-order valence-corrected chi connectivity index (χ4v) is 16.1. The topological polar surface area (TPSA) is 315 Å². The quantitative estimate of drug-likeness (QED) is 0.125. The van der Waals surface area contributed by atoms with Crippen LogP contribution in [0, 0.1) is 52.3 Å². The lowest BCUT2D eigenvalue weighted by atomic mass is 9.43. The van der Waals surface area contributed by atoms with Gasteiger partial charge in [-0.3, -0.25) is 0 Å². The van der Waals surface area contributed by atoms with E-state index in [1.807, 2.05) is 0 Å². The zero-order valence-electron chi connectivity index (χ0n) is 42.6. The van der Waals surface area contributed by atoms with E-state index in [4.69, 9.17) is 47.4 Å². The number of hydrogen-bond acceptors (Lipinski definition) is 21. The summed E-state index contributed by atoms with van der Waals surface area (Å²) in [7, 11) is 0. The van der Waals surface area contributed by atoms with E-state index in [9.17, 15) is 56.2 Å². The molecular weight excluding hydrogens is 949 g/mol. The second-order valence-electron chi connectivity index (χ2n) is 24.4. The van der Waals surface area contributed by atoms with E-state index in [-0.39, 0.29) is 28.8 Å². The Balaban J connectivity index is 0.834. The third-order valence-electron chi connectivity index (χ3n) is 20.3. The van der Waals surface area contributed by atoms with Gasteiger partial charge in [-0.15, -0.1) is 0 Å². The Morgan fingerprint density at radius 2 is 1.08 bits per heavy atom. The first-order valence-electron chi connectivity index (χ1n) is 27.0. The third kappa shape index (κ3) is 9.08. The number of aliphatic hydroxyl groups is 11. The van der Waals surface area contributed by atoms with E-state index >= 15 is 0 Å². The van der Waals surface area contributed by atoms with Crippen LogP contribution in [0.25, 0.3) is 0 Å². The molecule has 11 N–H and O–H groups in total. The van der Waals surface area contributed by atoms with Crippen LogP contribution in [-0.4, -0.2) is 216 Å². The van der Waals surface area contributed by atoms with Crippen molar-refractivity contribution in [3.8, 4) is 0 Å². The van der Waals surface area contributed by atoms with Crippen molar-refractivity contribution in [2.24, 2.45) is 52.3 Å². The van der Waals surface area contributed by atoms with Crippen molar-refractivity contribution >= 4 is 0 Å². The van der Waals surface area contributed by atoms with Crippen molar-refractivity contribution in [3.63, 3.8) is 0 Å². The summed E-state index contributed by atoms with van der Waals surface area (Å²) in [6, 6.07) is 0. The number of aliphatic hydroxyl groups excluding tert-OH is 11. The van der Waals surface area contributed by atoms with Crippen LogP contribution < -0.4 is 0 Å². The molecule has 72 heavy (non-hydrogen) atoms. The van der Waals surface area contributed by atoms with Crippen LogP contribution in [-0.2, 0) is 47.4 Å². The molecule has 1 spiro atoms. The number of hydrogen-bond donors (Lipinski definition) is 11. The van der Waals surface area contributed by atoms with Gasteiger partial charge in [0.1, 0.15) is 79.4 Å². The van der Waals surface area contributed by atoms with Gasteiger partial charge in [0.05, 0.1) is 49.8 Å². The highest BCUT2D eigenvalue weighted by atomic mass is 16.8. The summed E-state index contributed by atoms with van der Waals surface area (Å²) in [6.07, 6.45) is -23.6. The molecule has 6 saturated heterocycles. The average molecular weight is 1030 g/mol. The summed E-state index contributed by atoms with van der Waals surface area (Å²) in [6.45, 7) is 13.8. The van der Waals surface area contributed by atoms with Crippen molar-refractivity contribution in [1.82, 2.24) is 0 Å². The molecule has 21 heteroatoms. The highest BCUT2D eigenvalue weighted by Gasteiger charge is 2.70. The molecule has 0 bridgehead atoms. The fourth-order valence-electron chi connectivity index (χ4n) is 16.1. The Morgan fingerprint density at radius 1 is 0.500 bits per heavy atom. The maximum Gasteiger partial charge on any atom is 0.187 e. The molecule has 0 radical (unpaired) electrons. The summed E-state index contributed by atoms with van der Waals surface area (Å²) in [5.74, 6) is 1.71. The number of ether oxygens (including phenoxy) is 10. The molecule has 414 valence electrons. The van der Waals surface area contributed by atoms with Crippen LogP contribution in [0.2, 0.25) is 0 Å². The van der Waals surface area contributed by atoms with Gasteiger partial charge in [-0.1, -0.05) is 27.7 Å². The molecule has 10 fully saturated rings. The first kappa shape index (κ1) is 54.5. The third-order valence-corrected chi connectivity index (χ3v) is 20.3. The van der Waals surface area contributed by atoms with Crippen LogP contribution in [0.4, 0.5) is 0 Å². The average Bonchev–Trinajstić information content (AvgIpc) is 3.80. The molecule has 6 aliphatic heterocycles. The van der Waals surface area contributed by atoms with Gasteiger partial charge in [-0.25, -0.2) is 0 Å². The molecule has 0 aromatic rings. The smallest absolute Gasteiger partial charge is 0.187 e. The molecule has 0 aromatic heterocycles. The first-order chi connectivity index (χ1) is 34.0. The molecule has 4 aliphatic carbocycles. The Morgan fingerprint density at radius 3 is 1.69 bits per heavy atom. The number of fused-ring (bicyclic) bond motifs is 7. The molecule has 10 aliphatic rings. The van der Waals surface area contributed by atoms with Crippen molar-refractivity contribution in [1.29, 1.82) is 0 Å². The molecule has 0 amide bonds. The van der Waals surface area contributed by atoms with Crippen LogP contribution >= 0.6 is 0 Å². The summed E-state index contributed by atoms with van der Waals surface area (Å²) in [5, 5.41) is 121. The molecule has 10 rings (SSSR count). The highest BCUT2D eigenvalue weighted by Crippen LogP contribution is 2.71. The maximum absolute atomic E-state index is 12.3. The Hall–Kier alpha value is -0.840. The van der Waals surface area contributed by atoms with Gasteiger partial charge in [0, 0.05) is 12.3 Å². The van der Waals surface area contributed by atoms with Gasteiger partial charge in [0.2, 0.25) is 0 Å². The van der Waals surface area contributed by atoms with E-state index in [1.165, 1.54) is 20.8 Å². The van der Waals surface area contributed by atoms with E-state index in [1.54, 1.807) is 0 Å². The lowest BCUT2D eigenvalue weighted by molar-refractivity contribution is -0.395. The number of rotatable bonds is 9. The standard InChI is InChI=1S/C51H84O21/c1-19-8-13-51(63-18-19)20(2)32-30(72-51)16-27-25-15-29(53)28-14-24(9-11-49(28,6)26(25)10-12-50(27,32)7)67-48-44(71-46-39(60)36(57)34(55)22(4)65-46)41(62)43(31(17-52)68-48)70-47-40(61)37(58)42(23(5)66-47)69-45-38(59)35(56)33(54)21(3)64-45/h19-48,52-62H,8-18H2,1-7H3/t19-,20+,21+,22+,23+,24+,25-,26+,27+,28-,29+,30+,31-,32+,33+,34+,35-,36-,37+,38-,39-,40-,41+,42+,43-,44-,45+,46+,47+,48-,49-,50+,51-/m1/s1. The minimum atomic E-state index is -1.87. The predicted octanol–water partition coefficient (Wildman–Crippen LogP) is -0.856. The zero-order valence-corrected chi connectivity index (χ0v) is 42.6. The SMILES string of the molecule is C[C@@H]1CC[C@@]2(OC1)O[C@H]1C[C@H]3[C@@H]4C[C@H](O)[C@H]5C[C@@H](O[C@@H]6O[C@H](CO)[C@@H](O[C@@H]7O[C@@H](C)[C@H](O[C@@H]8O[C@@H](C)[C@H](O)[C@@H](O)[C@H]8O)[C@@H](O)[C@H]7O)[C@H](O)[C@H]6O[C@@H]6O[C@@H](C)[C@H](O)[C@@H](O)[C@H]6O)CC[C@]5(C)[C@H]4CC[C@]3(C)[C@H]1[C@@H]2C. The molecule has 0 unspecified atom stereocenters. The molecule has 33 atom stereocenters. The van der Waals surface area contributed by atoms with Gasteiger partial charge < -0.3 is 104 Å². The fraction of sp³-hybridized carbons (Fsp3) is 1.00. The van der Waals surface area contributed by atoms with E-state index < -0.39 is 147 Å². The first-order valence-corrected chi connectivity index (χ1v) is 27.0. The van der Waals surface area contributed by atoms with Crippen LogP contribution in [0.15, 0.2) is 0 Å². The minimum absolute atomic E-state index is 0.0751. The van der Waals surface area contributed by atoms with Crippen molar-refractivity contribution < 1.29 is 104 Å². The molecule has 4 saturated carbocycles. The Kier molecular flexibility index (Phi) is 15.5. The largest absolute Gasteiger partial charge is 0.394 e. The zero-order chi connectivity index (χ0) is 51.7. The summed E-state index contributed by atoms with van der Waals surface area (Å²) in [4.78, 5) is 0. The molecular formula is C51H84O21. The van der Waals surface area contributed by atoms with Gasteiger partial charge in [0.15, 0.2) is 30.9 Å². The van der Waals surface area contributed by atoms with Crippen molar-refractivity contribution in [2.45, 2.75) is 253 Å². The van der Waals surface area contributed by atoms with Crippen molar-refractivity contribution in [2.75, 3.05) is 13.2 Å².